The minimum Gasteiger partial charge on any atom is -0.480 e. The van der Waals surface area contributed by atoms with Crippen LogP contribution in [-0.4, -0.2) is 29.1 Å². The minimum atomic E-state index is -1.11. The monoisotopic (exact) mass is 451 g/mol. The predicted molar refractivity (Wildman–Crippen MR) is 114 cm³/mol. The molecule has 1 heterocycles. The van der Waals surface area contributed by atoms with Gasteiger partial charge in [-0.25, -0.2) is 4.79 Å². The SMILES string of the molecule is CC(=O)N[C@@]1(C)C[C@@H](c2cccc(Cl)c2)O[C@@H](c2cccc(Cl)c2OCC(=O)O)C1. The third kappa shape index (κ3) is 5.45. The molecule has 1 aliphatic rings. The largest absolute Gasteiger partial charge is 0.480 e. The first-order chi connectivity index (χ1) is 14.2. The van der Waals surface area contributed by atoms with Gasteiger partial charge < -0.3 is 19.9 Å². The van der Waals surface area contributed by atoms with Gasteiger partial charge in [-0.05, 0) is 30.7 Å². The standard InChI is InChI=1S/C22H23Cl2NO5/c1-13(26)25-22(2)10-18(14-5-3-6-15(23)9-14)30-19(11-22)16-7-4-8-17(24)21(16)29-12-20(27)28/h3-9,18-19H,10-12H2,1-2H3,(H,25,26)(H,27,28)/t18-,19+,22-/m0/s1. The lowest BCUT2D eigenvalue weighted by atomic mass is 9.81. The van der Waals surface area contributed by atoms with Crippen LogP contribution in [0.4, 0.5) is 0 Å². The van der Waals surface area contributed by atoms with E-state index in [9.17, 15) is 9.59 Å². The van der Waals surface area contributed by atoms with Crippen LogP contribution in [0.15, 0.2) is 42.5 Å². The maximum atomic E-state index is 11.9. The van der Waals surface area contributed by atoms with Crippen LogP contribution in [0.3, 0.4) is 0 Å². The molecule has 0 unspecified atom stereocenters. The zero-order chi connectivity index (χ0) is 21.9. The second-order valence-electron chi connectivity index (χ2n) is 7.66. The Morgan fingerprint density at radius 3 is 2.57 bits per heavy atom. The molecular weight excluding hydrogens is 429 g/mol. The fourth-order valence-electron chi connectivity index (χ4n) is 3.88. The quantitative estimate of drug-likeness (QED) is 0.649. The number of nitrogens with one attached hydrogen (secondary N) is 1. The number of benzene rings is 2. The van der Waals surface area contributed by atoms with Gasteiger partial charge in [0, 0.05) is 35.9 Å². The van der Waals surface area contributed by atoms with Crippen LogP contribution >= 0.6 is 23.2 Å². The topological polar surface area (TPSA) is 84.9 Å². The Morgan fingerprint density at radius 1 is 1.20 bits per heavy atom. The number of para-hydroxylation sites is 1. The van der Waals surface area contributed by atoms with Gasteiger partial charge in [-0.2, -0.15) is 0 Å². The molecule has 0 aliphatic carbocycles. The smallest absolute Gasteiger partial charge is 0.341 e. The van der Waals surface area contributed by atoms with E-state index < -0.39 is 24.2 Å². The lowest BCUT2D eigenvalue weighted by Gasteiger charge is -2.43. The van der Waals surface area contributed by atoms with Gasteiger partial charge >= 0.3 is 5.97 Å². The highest BCUT2D eigenvalue weighted by atomic mass is 35.5. The van der Waals surface area contributed by atoms with E-state index in [-0.39, 0.29) is 17.8 Å². The molecule has 0 saturated carbocycles. The molecule has 0 bridgehead atoms. The number of aliphatic carboxylic acids is 1. The summed E-state index contributed by atoms with van der Waals surface area (Å²) in [6, 6.07) is 12.6. The van der Waals surface area contributed by atoms with Crippen molar-refractivity contribution >= 4 is 35.1 Å². The summed E-state index contributed by atoms with van der Waals surface area (Å²) in [4.78, 5) is 22.9. The minimum absolute atomic E-state index is 0.142. The fourth-order valence-corrected chi connectivity index (χ4v) is 4.31. The average molecular weight is 452 g/mol. The Hall–Kier alpha value is -2.28. The number of halogens is 2. The zero-order valence-electron chi connectivity index (χ0n) is 16.7. The van der Waals surface area contributed by atoms with Crippen LogP contribution in [0.1, 0.15) is 50.0 Å². The Balaban J connectivity index is 2.00. The third-order valence-electron chi connectivity index (χ3n) is 4.98. The number of hydrogen-bond donors (Lipinski definition) is 2. The van der Waals surface area contributed by atoms with Gasteiger partial charge in [0.05, 0.1) is 17.2 Å². The van der Waals surface area contributed by atoms with Crippen molar-refractivity contribution < 1.29 is 24.2 Å². The van der Waals surface area contributed by atoms with Gasteiger partial charge in [-0.3, -0.25) is 4.79 Å². The number of carbonyl (C=O) groups is 2. The molecule has 160 valence electrons. The summed E-state index contributed by atoms with van der Waals surface area (Å²) in [5, 5.41) is 12.9. The average Bonchev–Trinajstić information content (AvgIpc) is 2.65. The molecule has 0 spiro atoms. The molecule has 3 rings (SSSR count). The number of carboxylic acids is 1. The van der Waals surface area contributed by atoms with Crippen LogP contribution in [0.2, 0.25) is 10.0 Å². The number of carboxylic acid groups (broad SMARTS) is 1. The zero-order valence-corrected chi connectivity index (χ0v) is 18.2. The highest BCUT2D eigenvalue weighted by Crippen LogP contribution is 2.47. The lowest BCUT2D eigenvalue weighted by molar-refractivity contribution is -0.139. The Bertz CT molecular complexity index is 951. The molecular formula is C22H23Cl2NO5. The lowest BCUT2D eigenvalue weighted by Crippen LogP contribution is -2.50. The molecule has 3 atom stereocenters. The highest BCUT2D eigenvalue weighted by Gasteiger charge is 2.41. The summed E-state index contributed by atoms with van der Waals surface area (Å²) in [6.45, 7) is 2.92. The van der Waals surface area contributed by atoms with E-state index >= 15 is 0 Å². The van der Waals surface area contributed by atoms with Crippen molar-refractivity contribution in [3.8, 4) is 5.75 Å². The van der Waals surface area contributed by atoms with Gasteiger partial charge in [0.2, 0.25) is 5.91 Å². The summed E-state index contributed by atoms with van der Waals surface area (Å²) in [5.41, 5.74) is 0.958. The maximum absolute atomic E-state index is 11.9. The summed E-state index contributed by atoms with van der Waals surface area (Å²) in [5.74, 6) is -0.981. The van der Waals surface area contributed by atoms with E-state index in [1.165, 1.54) is 6.92 Å². The number of ether oxygens (including phenoxy) is 2. The summed E-state index contributed by atoms with van der Waals surface area (Å²) >= 11 is 12.5. The predicted octanol–water partition coefficient (Wildman–Crippen LogP) is 4.94. The molecule has 2 N–H and O–H groups in total. The Morgan fingerprint density at radius 2 is 1.90 bits per heavy atom. The van der Waals surface area contributed by atoms with Crippen LogP contribution in [0.25, 0.3) is 0 Å². The molecule has 1 saturated heterocycles. The molecule has 2 aromatic rings. The number of amides is 1. The second-order valence-corrected chi connectivity index (χ2v) is 8.50. The van der Waals surface area contributed by atoms with Gasteiger partial charge in [-0.1, -0.05) is 47.5 Å². The van der Waals surface area contributed by atoms with Gasteiger partial charge in [-0.15, -0.1) is 0 Å². The Kier molecular flexibility index (Phi) is 6.91. The first kappa shape index (κ1) is 22.4. The second kappa shape index (κ2) is 9.25. The molecule has 1 aliphatic heterocycles. The van der Waals surface area contributed by atoms with E-state index in [4.69, 9.17) is 37.8 Å². The first-order valence-electron chi connectivity index (χ1n) is 9.49. The molecule has 1 fully saturated rings. The highest BCUT2D eigenvalue weighted by molar-refractivity contribution is 6.32. The van der Waals surface area contributed by atoms with Crippen molar-refractivity contribution in [3.05, 3.63) is 63.6 Å². The molecule has 30 heavy (non-hydrogen) atoms. The van der Waals surface area contributed by atoms with Crippen molar-refractivity contribution in [2.45, 2.75) is 44.4 Å². The summed E-state index contributed by atoms with van der Waals surface area (Å²) < 4.78 is 11.9. The van der Waals surface area contributed by atoms with E-state index in [0.717, 1.165) is 5.56 Å². The summed E-state index contributed by atoms with van der Waals surface area (Å²) in [6.07, 6.45) is 0.190. The number of rotatable bonds is 6. The van der Waals surface area contributed by atoms with Gasteiger partial charge in [0.1, 0.15) is 5.75 Å². The van der Waals surface area contributed by atoms with Crippen molar-refractivity contribution in [2.24, 2.45) is 0 Å². The van der Waals surface area contributed by atoms with E-state index in [1.54, 1.807) is 24.3 Å². The van der Waals surface area contributed by atoms with E-state index in [0.29, 0.717) is 28.5 Å². The van der Waals surface area contributed by atoms with Crippen LogP contribution in [-0.2, 0) is 14.3 Å². The van der Waals surface area contributed by atoms with Crippen LogP contribution in [0.5, 0.6) is 5.75 Å². The normalized spacial score (nSPS) is 23.6. The molecule has 0 aromatic heterocycles. The third-order valence-corrected chi connectivity index (χ3v) is 5.52. The maximum Gasteiger partial charge on any atom is 0.341 e. The summed E-state index contributed by atoms with van der Waals surface area (Å²) in [7, 11) is 0. The molecule has 8 heteroatoms. The van der Waals surface area contributed by atoms with Gasteiger partial charge in [0.25, 0.3) is 0 Å². The molecule has 6 nitrogen and oxygen atoms in total. The number of carbonyl (C=O) groups excluding carboxylic acids is 1. The van der Waals surface area contributed by atoms with Gasteiger partial charge in [0.15, 0.2) is 6.61 Å². The van der Waals surface area contributed by atoms with E-state index in [1.807, 2.05) is 25.1 Å². The van der Waals surface area contributed by atoms with Crippen molar-refractivity contribution in [1.29, 1.82) is 0 Å². The molecule has 0 radical (unpaired) electrons. The van der Waals surface area contributed by atoms with Crippen LogP contribution in [0, 0.1) is 0 Å². The first-order valence-corrected chi connectivity index (χ1v) is 10.2. The van der Waals surface area contributed by atoms with Crippen molar-refractivity contribution in [3.63, 3.8) is 0 Å². The van der Waals surface area contributed by atoms with Crippen LogP contribution < -0.4 is 10.1 Å². The Labute approximate surface area is 185 Å². The van der Waals surface area contributed by atoms with Crippen molar-refractivity contribution in [1.82, 2.24) is 5.32 Å². The number of hydrogen-bond acceptors (Lipinski definition) is 4. The molecule has 1 amide bonds. The fraction of sp³-hybridized carbons (Fsp3) is 0.364. The van der Waals surface area contributed by atoms with Crippen molar-refractivity contribution in [2.75, 3.05) is 6.61 Å². The van der Waals surface area contributed by atoms with E-state index in [2.05, 4.69) is 5.32 Å². The molecule has 2 aromatic carbocycles.